The molecule has 1 N–H and O–H groups in total. The van der Waals surface area contributed by atoms with Gasteiger partial charge < -0.3 is 19.3 Å². The van der Waals surface area contributed by atoms with Gasteiger partial charge in [-0.1, -0.05) is 44.1 Å². The Bertz CT molecular complexity index is 813. The molecule has 1 saturated heterocycles. The molecular formula is C26H38O5. The van der Waals surface area contributed by atoms with Crippen molar-refractivity contribution in [2.75, 3.05) is 14.2 Å². The van der Waals surface area contributed by atoms with Gasteiger partial charge in [0, 0.05) is 31.5 Å². The molecule has 4 aliphatic carbocycles. The number of ether oxygens (including phenoxy) is 3. The Labute approximate surface area is 186 Å². The lowest BCUT2D eigenvalue weighted by Crippen LogP contribution is -2.49. The Morgan fingerprint density at radius 1 is 1.19 bits per heavy atom. The number of fused-ring (bicyclic) bond motifs is 7. The summed E-state index contributed by atoms with van der Waals surface area (Å²) in [4.78, 5) is 11.3. The zero-order valence-electron chi connectivity index (χ0n) is 19.6. The molecule has 5 nitrogen and oxygen atoms in total. The zero-order valence-corrected chi connectivity index (χ0v) is 19.6. The second kappa shape index (κ2) is 7.43. The third-order valence-electron chi connectivity index (χ3n) is 10.1. The van der Waals surface area contributed by atoms with Crippen molar-refractivity contribution in [1.29, 1.82) is 0 Å². The summed E-state index contributed by atoms with van der Waals surface area (Å²) in [5.74, 6) is 1.52. The van der Waals surface area contributed by atoms with Gasteiger partial charge in [-0.2, -0.15) is 0 Å². The van der Waals surface area contributed by atoms with Gasteiger partial charge in [-0.05, 0) is 55.3 Å². The summed E-state index contributed by atoms with van der Waals surface area (Å²) in [6, 6.07) is 0. The van der Waals surface area contributed by atoms with Gasteiger partial charge in [0.05, 0.1) is 18.6 Å². The first-order chi connectivity index (χ1) is 14.8. The summed E-state index contributed by atoms with van der Waals surface area (Å²) in [5, 5.41) is 9.32. The molecule has 3 unspecified atom stereocenters. The van der Waals surface area contributed by atoms with Gasteiger partial charge in [-0.15, -0.1) is 0 Å². The molecule has 0 amide bonds. The van der Waals surface area contributed by atoms with Crippen LogP contribution in [0.2, 0.25) is 0 Å². The molecule has 1 heterocycles. The minimum atomic E-state index is -0.708. The molecule has 0 aromatic heterocycles. The number of carbonyl (C=O) groups is 1. The normalized spacial score (nSPS) is 46.3. The molecule has 3 saturated carbocycles. The summed E-state index contributed by atoms with van der Waals surface area (Å²) in [6.07, 6.45) is 10.9. The molecular weight excluding hydrogens is 392 g/mol. The molecule has 9 atom stereocenters. The third kappa shape index (κ3) is 3.02. The standard InChI is InChI=1S/C26H38O5/c1-14(24(29-4)30-5)18-8-9-19-17-7-6-16-12-15(13-21(27)28)22-23(31-22)26(16,3)20(17)10-11-25(18,19)2/h6-7,14-15,18-20,22-24H,8-13H2,1-5H3,(H,27,28)/t14?,15-,18+,19?,20?,22-,23-,25+,26-/m0/s1. The number of carboxylic acids is 1. The summed E-state index contributed by atoms with van der Waals surface area (Å²) < 4.78 is 17.5. The van der Waals surface area contributed by atoms with Gasteiger partial charge in [0.25, 0.3) is 0 Å². The molecule has 1 aliphatic heterocycles. The van der Waals surface area contributed by atoms with Crippen molar-refractivity contribution < 1.29 is 24.1 Å². The highest BCUT2D eigenvalue weighted by atomic mass is 16.7. The molecule has 5 aliphatic rings. The number of hydrogen-bond acceptors (Lipinski definition) is 4. The zero-order chi connectivity index (χ0) is 22.1. The Morgan fingerprint density at radius 2 is 1.94 bits per heavy atom. The van der Waals surface area contributed by atoms with Crippen LogP contribution in [0.25, 0.3) is 0 Å². The van der Waals surface area contributed by atoms with Crippen molar-refractivity contribution >= 4 is 5.97 Å². The lowest BCUT2D eigenvalue weighted by Gasteiger charge is -2.54. The largest absolute Gasteiger partial charge is 0.481 e. The van der Waals surface area contributed by atoms with Gasteiger partial charge in [0.15, 0.2) is 6.29 Å². The highest BCUT2D eigenvalue weighted by Crippen LogP contribution is 2.69. The second-order valence-corrected chi connectivity index (χ2v) is 11.3. The number of allylic oxidation sites excluding steroid dienone is 3. The van der Waals surface area contributed by atoms with E-state index in [0.717, 1.165) is 6.42 Å². The van der Waals surface area contributed by atoms with Gasteiger partial charge in [0.1, 0.15) is 0 Å². The van der Waals surface area contributed by atoms with Crippen molar-refractivity contribution in [2.45, 2.75) is 77.8 Å². The summed E-state index contributed by atoms with van der Waals surface area (Å²) >= 11 is 0. The van der Waals surface area contributed by atoms with Crippen molar-refractivity contribution in [1.82, 2.24) is 0 Å². The van der Waals surface area contributed by atoms with E-state index in [9.17, 15) is 9.90 Å². The first kappa shape index (κ1) is 21.7. The lowest BCUT2D eigenvalue weighted by molar-refractivity contribution is -0.156. The number of hydrogen-bond donors (Lipinski definition) is 1. The summed E-state index contributed by atoms with van der Waals surface area (Å²) in [6.45, 7) is 7.21. The molecule has 0 radical (unpaired) electrons. The lowest BCUT2D eigenvalue weighted by atomic mass is 9.49. The van der Waals surface area contributed by atoms with Gasteiger partial charge in [-0.25, -0.2) is 0 Å². The van der Waals surface area contributed by atoms with E-state index in [0.29, 0.717) is 23.7 Å². The summed E-state index contributed by atoms with van der Waals surface area (Å²) in [5.41, 5.74) is 3.38. The Morgan fingerprint density at radius 3 is 2.61 bits per heavy atom. The first-order valence-electron chi connectivity index (χ1n) is 12.1. The fraction of sp³-hybridized carbons (Fsp3) is 0.808. The van der Waals surface area contributed by atoms with E-state index in [-0.39, 0.29) is 41.7 Å². The maximum absolute atomic E-state index is 11.3. The number of aliphatic carboxylic acids is 1. The Hall–Kier alpha value is -1.17. The monoisotopic (exact) mass is 430 g/mol. The van der Waals surface area contributed by atoms with E-state index >= 15 is 0 Å². The van der Waals surface area contributed by atoms with Crippen LogP contribution >= 0.6 is 0 Å². The van der Waals surface area contributed by atoms with Crippen LogP contribution in [0.15, 0.2) is 23.3 Å². The molecule has 4 fully saturated rings. The van der Waals surface area contributed by atoms with Gasteiger partial charge in [-0.3, -0.25) is 4.79 Å². The smallest absolute Gasteiger partial charge is 0.303 e. The fourth-order valence-corrected chi connectivity index (χ4v) is 8.54. The van der Waals surface area contributed by atoms with Crippen LogP contribution in [-0.4, -0.2) is 43.8 Å². The van der Waals surface area contributed by atoms with Crippen molar-refractivity contribution in [2.24, 2.45) is 40.4 Å². The average molecular weight is 431 g/mol. The van der Waals surface area contributed by atoms with E-state index in [1.54, 1.807) is 19.8 Å². The van der Waals surface area contributed by atoms with E-state index in [4.69, 9.17) is 14.2 Å². The van der Waals surface area contributed by atoms with E-state index in [1.807, 2.05) is 0 Å². The third-order valence-corrected chi connectivity index (χ3v) is 10.1. The van der Waals surface area contributed by atoms with Crippen LogP contribution in [0.1, 0.15) is 59.3 Å². The highest BCUT2D eigenvalue weighted by Gasteiger charge is 2.66. The van der Waals surface area contributed by atoms with Crippen LogP contribution in [0.5, 0.6) is 0 Å². The van der Waals surface area contributed by atoms with Crippen LogP contribution < -0.4 is 0 Å². The second-order valence-electron chi connectivity index (χ2n) is 11.3. The van der Waals surface area contributed by atoms with Crippen LogP contribution in [0.3, 0.4) is 0 Å². The van der Waals surface area contributed by atoms with Gasteiger partial charge in [0.2, 0.25) is 0 Å². The number of carboxylic acid groups (broad SMARTS) is 1. The van der Waals surface area contributed by atoms with Crippen LogP contribution in [0, 0.1) is 40.4 Å². The minimum Gasteiger partial charge on any atom is -0.481 e. The van der Waals surface area contributed by atoms with E-state index in [1.165, 1.54) is 31.3 Å². The predicted octanol–water partition coefficient (Wildman–Crippen LogP) is 4.82. The maximum Gasteiger partial charge on any atom is 0.303 e. The molecule has 31 heavy (non-hydrogen) atoms. The molecule has 172 valence electrons. The average Bonchev–Trinajstić information content (AvgIpc) is 3.46. The first-order valence-corrected chi connectivity index (χ1v) is 12.1. The van der Waals surface area contributed by atoms with Gasteiger partial charge >= 0.3 is 5.97 Å². The van der Waals surface area contributed by atoms with Crippen LogP contribution in [-0.2, 0) is 19.0 Å². The van der Waals surface area contributed by atoms with E-state index in [2.05, 4.69) is 32.9 Å². The maximum atomic E-state index is 11.3. The Balaban J connectivity index is 1.43. The number of epoxide rings is 1. The molecule has 0 aromatic rings. The van der Waals surface area contributed by atoms with Crippen molar-refractivity contribution in [3.63, 3.8) is 0 Å². The van der Waals surface area contributed by atoms with E-state index < -0.39 is 5.97 Å². The molecule has 0 aromatic carbocycles. The Kier molecular flexibility index (Phi) is 5.19. The SMILES string of the molecule is COC(OC)C(C)[C@H]1CCC2C3=CC=C4C[C@@H](CC(=O)O)[C@@H]5O[C@@H]5[C@]4(C)C3CC[C@@]21C. The van der Waals surface area contributed by atoms with Crippen LogP contribution in [0.4, 0.5) is 0 Å². The minimum absolute atomic E-state index is 0.0381. The topological polar surface area (TPSA) is 68.3 Å². The molecule has 5 rings (SSSR count). The summed E-state index contributed by atoms with van der Waals surface area (Å²) in [7, 11) is 3.50. The number of methoxy groups -OCH3 is 2. The molecule has 5 heteroatoms. The predicted molar refractivity (Wildman–Crippen MR) is 117 cm³/mol. The quantitative estimate of drug-likeness (QED) is 0.483. The van der Waals surface area contributed by atoms with Crippen molar-refractivity contribution in [3.05, 3.63) is 23.3 Å². The van der Waals surface area contributed by atoms with Crippen molar-refractivity contribution in [3.8, 4) is 0 Å². The molecule has 0 bridgehead atoms. The fourth-order valence-electron chi connectivity index (χ4n) is 8.54. The molecule has 0 spiro atoms. The number of rotatable bonds is 6. The highest BCUT2D eigenvalue weighted by molar-refractivity contribution is 5.67.